The summed E-state index contributed by atoms with van der Waals surface area (Å²) in [5.41, 5.74) is 0. The van der Waals surface area contributed by atoms with Crippen LogP contribution in [0.25, 0.3) is 0 Å². The average molecular weight is 356 g/mol. The maximum absolute atomic E-state index is 11.0. The quantitative estimate of drug-likeness (QED) is 0.238. The summed E-state index contributed by atoms with van der Waals surface area (Å²) in [4.78, 5) is 11.0. The Morgan fingerprint density at radius 2 is 1.50 bits per heavy atom. The van der Waals surface area contributed by atoms with E-state index < -0.39 is 74.0 Å². The van der Waals surface area contributed by atoms with E-state index in [2.05, 4.69) is 0 Å². The fourth-order valence-corrected chi connectivity index (χ4v) is 2.55. The molecule has 2 heterocycles. The number of rotatable bonds is 4. The van der Waals surface area contributed by atoms with Crippen LogP contribution < -0.4 is 0 Å². The summed E-state index contributed by atoms with van der Waals surface area (Å²) in [7, 11) is 0. The highest BCUT2D eigenvalue weighted by molar-refractivity contribution is 5.73. The second-order valence-corrected chi connectivity index (χ2v) is 5.56. The van der Waals surface area contributed by atoms with Gasteiger partial charge in [0.2, 0.25) is 0 Å². The van der Waals surface area contributed by atoms with E-state index in [0.29, 0.717) is 0 Å². The number of aliphatic hydroxyl groups is 7. The SMILES string of the molecule is O=C(O)[C@H]1O[C@H](O[C@H]2[C@H](O)[C@@H](O)C(O)O[C@@H]2CO)[C@H](O)[C@@H](O)[C@@H]1O. The largest absolute Gasteiger partial charge is 0.479 e. The lowest BCUT2D eigenvalue weighted by molar-refractivity contribution is -0.351. The summed E-state index contributed by atoms with van der Waals surface area (Å²) in [6.07, 6.45) is -17.7. The van der Waals surface area contributed by atoms with E-state index in [1.54, 1.807) is 0 Å². The number of ether oxygens (including phenoxy) is 3. The van der Waals surface area contributed by atoms with Crippen LogP contribution in [-0.2, 0) is 19.0 Å². The van der Waals surface area contributed by atoms with Gasteiger partial charge in [-0.05, 0) is 0 Å². The molecule has 140 valence electrons. The zero-order valence-corrected chi connectivity index (χ0v) is 12.2. The molecule has 2 fully saturated rings. The molecule has 1 unspecified atom stereocenters. The summed E-state index contributed by atoms with van der Waals surface area (Å²) in [6.45, 7) is -0.748. The Hall–Kier alpha value is -0.930. The van der Waals surface area contributed by atoms with Crippen LogP contribution in [0.4, 0.5) is 0 Å². The van der Waals surface area contributed by atoms with Gasteiger partial charge in [0.15, 0.2) is 18.7 Å². The predicted octanol–water partition coefficient (Wildman–Crippen LogP) is -5.30. The third-order valence-electron chi connectivity index (χ3n) is 3.94. The van der Waals surface area contributed by atoms with Crippen molar-refractivity contribution in [3.05, 3.63) is 0 Å². The molecule has 0 amide bonds. The van der Waals surface area contributed by atoms with Gasteiger partial charge in [-0.25, -0.2) is 4.79 Å². The zero-order chi connectivity index (χ0) is 18.2. The number of hydrogen-bond donors (Lipinski definition) is 8. The van der Waals surface area contributed by atoms with Crippen molar-refractivity contribution < 1.29 is 59.9 Å². The molecule has 2 aliphatic rings. The predicted molar refractivity (Wildman–Crippen MR) is 69.2 cm³/mol. The molecular weight excluding hydrogens is 336 g/mol. The molecule has 2 saturated heterocycles. The molecule has 0 radical (unpaired) electrons. The first kappa shape index (κ1) is 19.4. The second kappa shape index (κ2) is 7.53. The van der Waals surface area contributed by atoms with E-state index in [-0.39, 0.29) is 0 Å². The van der Waals surface area contributed by atoms with E-state index in [4.69, 9.17) is 19.3 Å². The highest BCUT2D eigenvalue weighted by Crippen LogP contribution is 2.28. The summed E-state index contributed by atoms with van der Waals surface area (Å²) in [5, 5.41) is 76.2. The third kappa shape index (κ3) is 3.52. The Kier molecular flexibility index (Phi) is 6.09. The topological polar surface area (TPSA) is 207 Å². The second-order valence-electron chi connectivity index (χ2n) is 5.56. The van der Waals surface area contributed by atoms with Gasteiger partial charge in [0.1, 0.15) is 42.7 Å². The minimum Gasteiger partial charge on any atom is -0.479 e. The van der Waals surface area contributed by atoms with Gasteiger partial charge in [-0.3, -0.25) is 0 Å². The van der Waals surface area contributed by atoms with E-state index in [1.165, 1.54) is 0 Å². The van der Waals surface area contributed by atoms with Crippen molar-refractivity contribution in [2.75, 3.05) is 6.61 Å². The highest BCUT2D eigenvalue weighted by atomic mass is 16.7. The van der Waals surface area contributed by atoms with Gasteiger partial charge in [-0.2, -0.15) is 0 Å². The Bertz CT molecular complexity index is 444. The normalized spacial score (nSPS) is 49.8. The molecule has 8 N–H and O–H groups in total. The lowest BCUT2D eigenvalue weighted by Gasteiger charge is -2.44. The van der Waals surface area contributed by atoms with Crippen LogP contribution in [0.1, 0.15) is 0 Å². The smallest absolute Gasteiger partial charge is 0.335 e. The Labute approximate surface area is 135 Å². The molecule has 0 bridgehead atoms. The van der Waals surface area contributed by atoms with E-state index in [9.17, 15) is 40.5 Å². The van der Waals surface area contributed by atoms with Crippen molar-refractivity contribution in [3.63, 3.8) is 0 Å². The molecular formula is C12H20O12. The molecule has 12 nitrogen and oxygen atoms in total. The molecule has 0 aromatic carbocycles. The molecule has 24 heavy (non-hydrogen) atoms. The lowest BCUT2D eigenvalue weighted by atomic mass is 9.97. The van der Waals surface area contributed by atoms with Gasteiger partial charge in [0.25, 0.3) is 0 Å². The average Bonchev–Trinajstić information content (AvgIpc) is 2.54. The van der Waals surface area contributed by atoms with E-state index in [1.807, 2.05) is 0 Å². The molecule has 0 aromatic rings. The summed E-state index contributed by atoms with van der Waals surface area (Å²) < 4.78 is 14.9. The molecule has 12 heteroatoms. The molecule has 0 spiro atoms. The molecule has 0 aliphatic carbocycles. The monoisotopic (exact) mass is 356 g/mol. The van der Waals surface area contributed by atoms with Crippen molar-refractivity contribution in [1.82, 2.24) is 0 Å². The minimum atomic E-state index is -1.93. The van der Waals surface area contributed by atoms with E-state index >= 15 is 0 Å². The maximum atomic E-state index is 11.0. The molecule has 0 aromatic heterocycles. The maximum Gasteiger partial charge on any atom is 0.335 e. The van der Waals surface area contributed by atoms with Crippen LogP contribution in [0, 0.1) is 0 Å². The van der Waals surface area contributed by atoms with Crippen LogP contribution in [0.15, 0.2) is 0 Å². The van der Waals surface area contributed by atoms with Gasteiger partial charge in [-0.15, -0.1) is 0 Å². The van der Waals surface area contributed by atoms with Gasteiger partial charge in [-0.1, -0.05) is 0 Å². The number of carboxylic acid groups (broad SMARTS) is 1. The summed E-state index contributed by atoms with van der Waals surface area (Å²) in [6, 6.07) is 0. The number of aliphatic carboxylic acids is 1. The van der Waals surface area contributed by atoms with Crippen molar-refractivity contribution in [1.29, 1.82) is 0 Å². The van der Waals surface area contributed by atoms with Crippen LogP contribution in [0.3, 0.4) is 0 Å². The molecule has 10 atom stereocenters. The Balaban J connectivity index is 2.16. The van der Waals surface area contributed by atoms with Crippen LogP contribution >= 0.6 is 0 Å². The van der Waals surface area contributed by atoms with Gasteiger partial charge in [0.05, 0.1) is 6.61 Å². The van der Waals surface area contributed by atoms with Gasteiger partial charge >= 0.3 is 5.97 Å². The molecule has 2 rings (SSSR count). The number of aliphatic hydroxyl groups excluding tert-OH is 7. The molecule has 0 saturated carbocycles. The first-order valence-corrected chi connectivity index (χ1v) is 7.07. The zero-order valence-electron chi connectivity index (χ0n) is 12.2. The molecule has 2 aliphatic heterocycles. The van der Waals surface area contributed by atoms with Crippen molar-refractivity contribution in [3.8, 4) is 0 Å². The van der Waals surface area contributed by atoms with E-state index in [0.717, 1.165) is 0 Å². The fourth-order valence-electron chi connectivity index (χ4n) is 2.55. The van der Waals surface area contributed by atoms with Crippen LogP contribution in [-0.4, -0.2) is 115 Å². The fraction of sp³-hybridized carbons (Fsp3) is 0.917. The summed E-state index contributed by atoms with van der Waals surface area (Å²) >= 11 is 0. The number of carbonyl (C=O) groups is 1. The minimum absolute atomic E-state index is 0.748. The first-order chi connectivity index (χ1) is 11.2. The first-order valence-electron chi connectivity index (χ1n) is 7.07. The van der Waals surface area contributed by atoms with Crippen molar-refractivity contribution in [2.45, 2.75) is 61.4 Å². The highest BCUT2D eigenvalue weighted by Gasteiger charge is 2.51. The van der Waals surface area contributed by atoms with Crippen LogP contribution in [0.5, 0.6) is 0 Å². The van der Waals surface area contributed by atoms with Gasteiger partial charge < -0.3 is 55.1 Å². The lowest BCUT2D eigenvalue weighted by Crippen LogP contribution is -2.64. The van der Waals surface area contributed by atoms with Crippen LogP contribution in [0.2, 0.25) is 0 Å². The van der Waals surface area contributed by atoms with Crippen molar-refractivity contribution in [2.24, 2.45) is 0 Å². The number of carboxylic acids is 1. The summed E-state index contributed by atoms with van der Waals surface area (Å²) in [5.74, 6) is -1.63. The third-order valence-corrected chi connectivity index (χ3v) is 3.94. The standard InChI is InChI=1S/C12H20O12/c13-1-2-8(5(16)6(17)11(21)22-2)23-12-7(18)3(14)4(15)9(24-12)10(19)20/h2-9,11-18,21H,1H2,(H,19,20)/t2-,3+,4+,5-,6-,7-,8-,9+,11?,12+/m1/s1. The van der Waals surface area contributed by atoms with Gasteiger partial charge in [0, 0.05) is 0 Å². The Morgan fingerprint density at radius 3 is 2.04 bits per heavy atom. The van der Waals surface area contributed by atoms with Crippen molar-refractivity contribution >= 4 is 5.97 Å². The number of hydrogen-bond acceptors (Lipinski definition) is 11. The Morgan fingerprint density at radius 1 is 0.875 bits per heavy atom.